The highest BCUT2D eigenvalue weighted by Gasteiger charge is 2.18. The third kappa shape index (κ3) is 4.45. The van der Waals surface area contributed by atoms with E-state index in [-0.39, 0.29) is 5.41 Å². The van der Waals surface area contributed by atoms with Gasteiger partial charge in [-0.2, -0.15) is 0 Å². The average molecular weight is 323 g/mol. The van der Waals surface area contributed by atoms with Crippen molar-refractivity contribution in [2.24, 2.45) is 0 Å². The molecule has 0 bridgehead atoms. The fourth-order valence-corrected chi connectivity index (χ4v) is 2.93. The number of likely N-dealkylation sites (N-methyl/N-ethyl adjacent to an activating group) is 1. The third-order valence-corrected chi connectivity index (χ3v) is 4.70. The number of anilines is 1. The first-order valence-electron chi connectivity index (χ1n) is 7.21. The zero-order valence-electron chi connectivity index (χ0n) is 13.2. The fraction of sp³-hybridized carbons (Fsp3) is 0.471. The molecule has 2 aromatic heterocycles. The lowest BCUT2D eigenvalue weighted by atomic mass is 9.91. The maximum Gasteiger partial charge on any atom is 0.128 e. The monoisotopic (exact) mass is 322 g/mol. The minimum absolute atomic E-state index is 0.0331. The predicted molar refractivity (Wildman–Crippen MR) is 93.8 cm³/mol. The van der Waals surface area contributed by atoms with Gasteiger partial charge < -0.3 is 4.90 Å². The van der Waals surface area contributed by atoms with Crippen LogP contribution in [0, 0.1) is 0 Å². The molecule has 4 heteroatoms. The fourth-order valence-electron chi connectivity index (χ4n) is 2.08. The van der Waals surface area contributed by atoms with Gasteiger partial charge >= 0.3 is 0 Å². The van der Waals surface area contributed by atoms with Gasteiger partial charge in [0.1, 0.15) is 5.82 Å². The molecule has 2 rings (SSSR count). The second kappa shape index (κ2) is 6.80. The van der Waals surface area contributed by atoms with Crippen LogP contribution in [0.4, 0.5) is 5.82 Å². The van der Waals surface area contributed by atoms with Crippen LogP contribution in [0.15, 0.2) is 29.6 Å². The van der Waals surface area contributed by atoms with E-state index in [1.54, 1.807) is 11.3 Å². The van der Waals surface area contributed by atoms with E-state index in [0.717, 1.165) is 30.0 Å². The molecule has 0 unspecified atom stereocenters. The van der Waals surface area contributed by atoms with Crippen molar-refractivity contribution in [3.05, 3.63) is 45.8 Å². The van der Waals surface area contributed by atoms with Crippen molar-refractivity contribution in [3.63, 3.8) is 0 Å². The van der Waals surface area contributed by atoms with Crippen LogP contribution < -0.4 is 4.90 Å². The molecule has 114 valence electrons. The molecule has 0 aliphatic heterocycles. The van der Waals surface area contributed by atoms with Gasteiger partial charge in [0.05, 0.1) is 0 Å². The molecular formula is C17H23ClN2S. The van der Waals surface area contributed by atoms with E-state index in [4.69, 9.17) is 16.6 Å². The molecule has 21 heavy (non-hydrogen) atoms. The van der Waals surface area contributed by atoms with Crippen molar-refractivity contribution in [2.45, 2.75) is 38.5 Å². The first-order valence-corrected chi connectivity index (χ1v) is 8.62. The summed E-state index contributed by atoms with van der Waals surface area (Å²) in [4.78, 5) is 8.45. The highest BCUT2D eigenvalue weighted by molar-refractivity contribution is 7.09. The Bertz CT molecular complexity index is 573. The van der Waals surface area contributed by atoms with Gasteiger partial charge in [0.2, 0.25) is 0 Å². The molecule has 0 N–H and O–H groups in total. The second-order valence-electron chi connectivity index (χ2n) is 6.35. The minimum Gasteiger partial charge on any atom is -0.359 e. The molecule has 0 aromatic carbocycles. The number of hydrogen-bond donors (Lipinski definition) is 0. The van der Waals surface area contributed by atoms with Crippen molar-refractivity contribution in [1.82, 2.24) is 4.98 Å². The second-order valence-corrected chi connectivity index (χ2v) is 7.65. The lowest BCUT2D eigenvalue weighted by molar-refractivity contribution is 0.567. The van der Waals surface area contributed by atoms with Crippen molar-refractivity contribution < 1.29 is 0 Å². The van der Waals surface area contributed by atoms with Crippen molar-refractivity contribution in [3.8, 4) is 0 Å². The topological polar surface area (TPSA) is 16.1 Å². The Balaban J connectivity index is 2.17. The molecule has 2 aromatic rings. The van der Waals surface area contributed by atoms with Crippen molar-refractivity contribution >= 4 is 28.8 Å². The highest BCUT2D eigenvalue weighted by atomic mass is 35.5. The number of nitrogens with zero attached hydrogens (tertiary/aromatic N) is 2. The van der Waals surface area contributed by atoms with Crippen LogP contribution in [-0.4, -0.2) is 18.6 Å². The smallest absolute Gasteiger partial charge is 0.128 e. The zero-order chi connectivity index (χ0) is 15.5. The van der Waals surface area contributed by atoms with Gasteiger partial charge in [0.15, 0.2) is 0 Å². The Labute approximate surface area is 136 Å². The summed E-state index contributed by atoms with van der Waals surface area (Å²) in [7, 11) is 2.10. The number of pyridine rings is 1. The van der Waals surface area contributed by atoms with Crippen molar-refractivity contribution in [1.29, 1.82) is 0 Å². The SMILES string of the molecule is CN(CCc1cccs1)c1cc(CCl)cc(C(C)(C)C)n1. The summed E-state index contributed by atoms with van der Waals surface area (Å²) in [6.45, 7) is 7.51. The number of alkyl halides is 1. The van der Waals surface area contributed by atoms with Gasteiger partial charge in [-0.25, -0.2) is 4.98 Å². The normalized spacial score (nSPS) is 11.7. The van der Waals surface area contributed by atoms with Gasteiger partial charge in [-0.3, -0.25) is 0 Å². The standard InChI is InChI=1S/C17H23ClN2S/c1-17(2,3)15-10-13(12-18)11-16(19-15)20(4)8-7-14-6-5-9-21-14/h5-6,9-11H,7-8,12H2,1-4H3. The molecular weight excluding hydrogens is 300 g/mol. The molecule has 2 heterocycles. The minimum atomic E-state index is 0.0331. The van der Waals surface area contributed by atoms with E-state index in [1.165, 1.54) is 4.88 Å². The van der Waals surface area contributed by atoms with Crippen LogP contribution >= 0.6 is 22.9 Å². The third-order valence-electron chi connectivity index (χ3n) is 3.46. The summed E-state index contributed by atoms with van der Waals surface area (Å²) < 4.78 is 0. The molecule has 0 radical (unpaired) electrons. The van der Waals surface area contributed by atoms with Crippen LogP contribution in [-0.2, 0) is 17.7 Å². The molecule has 0 amide bonds. The largest absolute Gasteiger partial charge is 0.359 e. The maximum atomic E-state index is 6.04. The van der Waals surface area contributed by atoms with Gasteiger partial charge in [-0.1, -0.05) is 26.8 Å². The number of rotatable bonds is 5. The van der Waals surface area contributed by atoms with E-state index in [1.807, 2.05) is 0 Å². The van der Waals surface area contributed by atoms with E-state index in [9.17, 15) is 0 Å². The molecule has 0 fully saturated rings. The summed E-state index contributed by atoms with van der Waals surface area (Å²) >= 11 is 7.85. The summed E-state index contributed by atoms with van der Waals surface area (Å²) in [6.07, 6.45) is 1.05. The predicted octanol–water partition coefficient (Wildman–Crippen LogP) is 4.86. The van der Waals surface area contributed by atoms with E-state index >= 15 is 0 Å². The van der Waals surface area contributed by atoms with Crippen LogP contribution in [0.1, 0.15) is 36.9 Å². The molecule has 0 atom stereocenters. The molecule has 0 saturated carbocycles. The molecule has 0 saturated heterocycles. The van der Waals surface area contributed by atoms with Gasteiger partial charge in [0, 0.05) is 35.5 Å². The van der Waals surface area contributed by atoms with Gasteiger partial charge in [-0.05, 0) is 35.6 Å². The van der Waals surface area contributed by atoms with Gasteiger partial charge in [0.25, 0.3) is 0 Å². The van der Waals surface area contributed by atoms with Gasteiger partial charge in [-0.15, -0.1) is 22.9 Å². The molecule has 0 aliphatic carbocycles. The Kier molecular flexibility index (Phi) is 5.28. The first-order chi connectivity index (χ1) is 9.90. The molecule has 0 aliphatic rings. The molecule has 2 nitrogen and oxygen atoms in total. The maximum absolute atomic E-state index is 6.04. The highest BCUT2D eigenvalue weighted by Crippen LogP contribution is 2.25. The number of halogens is 1. The summed E-state index contributed by atoms with van der Waals surface area (Å²) in [5.41, 5.74) is 2.26. The molecule has 0 spiro atoms. The zero-order valence-corrected chi connectivity index (χ0v) is 14.8. The lowest BCUT2D eigenvalue weighted by Gasteiger charge is -2.24. The summed E-state index contributed by atoms with van der Waals surface area (Å²) in [5.74, 6) is 1.53. The Morgan fingerprint density at radius 2 is 2.05 bits per heavy atom. The summed E-state index contributed by atoms with van der Waals surface area (Å²) in [6, 6.07) is 8.49. The van der Waals surface area contributed by atoms with Crippen LogP contribution in [0.2, 0.25) is 0 Å². The quantitative estimate of drug-likeness (QED) is 0.731. The van der Waals surface area contributed by atoms with Crippen LogP contribution in [0.3, 0.4) is 0 Å². The van der Waals surface area contributed by atoms with E-state index in [0.29, 0.717) is 5.88 Å². The number of hydrogen-bond acceptors (Lipinski definition) is 3. The van der Waals surface area contributed by atoms with Crippen molar-refractivity contribution in [2.75, 3.05) is 18.5 Å². The summed E-state index contributed by atoms with van der Waals surface area (Å²) in [5, 5.41) is 2.12. The first kappa shape index (κ1) is 16.3. The number of aromatic nitrogens is 1. The Hall–Kier alpha value is -1.06. The van der Waals surface area contributed by atoms with E-state index in [2.05, 4.69) is 62.4 Å². The van der Waals surface area contributed by atoms with Crippen LogP contribution in [0.5, 0.6) is 0 Å². The lowest BCUT2D eigenvalue weighted by Crippen LogP contribution is -2.23. The average Bonchev–Trinajstić information content (AvgIpc) is 2.96. The Morgan fingerprint density at radius 3 is 2.62 bits per heavy atom. The number of thiophene rings is 1. The Morgan fingerprint density at radius 1 is 1.29 bits per heavy atom. The van der Waals surface area contributed by atoms with Crippen LogP contribution in [0.25, 0.3) is 0 Å². The van der Waals surface area contributed by atoms with E-state index < -0.39 is 0 Å².